The molecule has 1 atom stereocenters. The summed E-state index contributed by atoms with van der Waals surface area (Å²) in [7, 11) is 0. The number of carbonyl (C=O) groups excluding carboxylic acids is 2. The Balaban J connectivity index is 1.59. The minimum atomic E-state index is -0.833. The number of benzene rings is 4. The third kappa shape index (κ3) is 4.38. The molecule has 0 bridgehead atoms. The van der Waals surface area contributed by atoms with Gasteiger partial charge in [-0.3, -0.25) is 9.59 Å². The van der Waals surface area contributed by atoms with Crippen LogP contribution in [0.15, 0.2) is 96.6 Å². The largest absolute Gasteiger partial charge is 0.508 e. The number of hydrogen-bond donors (Lipinski definition) is 2. The van der Waals surface area contributed by atoms with Crippen LogP contribution >= 0.6 is 11.6 Å². The monoisotopic (exact) mass is 483 g/mol. The number of amides is 1. The van der Waals surface area contributed by atoms with E-state index in [4.69, 9.17) is 11.6 Å². The van der Waals surface area contributed by atoms with Crippen molar-refractivity contribution in [1.29, 1.82) is 0 Å². The minimum Gasteiger partial charge on any atom is -0.508 e. The maximum Gasteiger partial charge on any atom is 0.295 e. The minimum absolute atomic E-state index is 0.00647. The number of fused-ring (bicyclic) bond motifs is 1. The quantitative estimate of drug-likeness (QED) is 0.211. The maximum absolute atomic E-state index is 13.2. The van der Waals surface area contributed by atoms with E-state index in [-0.39, 0.29) is 23.6 Å². The third-order valence-electron chi connectivity index (χ3n) is 6.30. The van der Waals surface area contributed by atoms with Crippen molar-refractivity contribution in [2.45, 2.75) is 12.5 Å². The van der Waals surface area contributed by atoms with Gasteiger partial charge < -0.3 is 15.1 Å². The number of phenols is 1. The molecule has 1 saturated heterocycles. The Hall–Kier alpha value is -4.09. The third-order valence-corrected chi connectivity index (χ3v) is 6.56. The normalized spacial score (nSPS) is 17.3. The van der Waals surface area contributed by atoms with E-state index in [9.17, 15) is 19.8 Å². The van der Waals surface area contributed by atoms with Crippen molar-refractivity contribution >= 4 is 39.8 Å². The Morgan fingerprint density at radius 2 is 1.60 bits per heavy atom. The van der Waals surface area contributed by atoms with Crippen molar-refractivity contribution in [3.05, 3.63) is 118 Å². The van der Waals surface area contributed by atoms with Gasteiger partial charge in [0.25, 0.3) is 11.7 Å². The smallest absolute Gasteiger partial charge is 0.295 e. The van der Waals surface area contributed by atoms with Crippen LogP contribution in [0.2, 0.25) is 5.02 Å². The second-order valence-corrected chi connectivity index (χ2v) is 8.96. The first-order valence-electron chi connectivity index (χ1n) is 11.2. The Labute approximate surface area is 207 Å². The molecule has 1 aliphatic heterocycles. The standard InChI is InChI=1S/C29H22ClNO4/c30-23-12-8-18(9-13-23)14-15-31-26(21-6-3-7-24(32)17-21)25(28(34)29(31)35)27(33)22-11-10-19-4-1-2-5-20(19)16-22/h1-13,16-17,26,32-33H,14-15H2/b27-25-. The molecular formula is C29H22ClNO4. The van der Waals surface area contributed by atoms with E-state index in [1.54, 1.807) is 36.4 Å². The Kier molecular flexibility index (Phi) is 6.01. The molecule has 0 aromatic heterocycles. The molecule has 0 radical (unpaired) electrons. The number of hydrogen-bond acceptors (Lipinski definition) is 4. The molecule has 2 N–H and O–H groups in total. The van der Waals surface area contributed by atoms with Crippen molar-refractivity contribution in [1.82, 2.24) is 4.90 Å². The van der Waals surface area contributed by atoms with Crippen LogP contribution in [0.4, 0.5) is 0 Å². The summed E-state index contributed by atoms with van der Waals surface area (Å²) >= 11 is 5.98. The molecular weight excluding hydrogens is 462 g/mol. The van der Waals surface area contributed by atoms with E-state index in [0.717, 1.165) is 16.3 Å². The first-order chi connectivity index (χ1) is 16.9. The lowest BCUT2D eigenvalue weighted by Gasteiger charge is -2.25. The van der Waals surface area contributed by atoms with Gasteiger partial charge in [0.2, 0.25) is 0 Å². The van der Waals surface area contributed by atoms with E-state index in [2.05, 4.69) is 0 Å². The SMILES string of the molecule is O=C1C(=O)N(CCc2ccc(Cl)cc2)C(c2cccc(O)c2)/C1=C(/O)c1ccc2ccccc2c1. The van der Waals surface area contributed by atoms with Gasteiger partial charge in [-0.25, -0.2) is 0 Å². The summed E-state index contributed by atoms with van der Waals surface area (Å²) in [6.45, 7) is 0.251. The number of Topliss-reactive ketones (excluding diaryl/α,β-unsaturated/α-hetero) is 1. The van der Waals surface area contributed by atoms with Crippen molar-refractivity contribution < 1.29 is 19.8 Å². The number of aromatic hydroxyl groups is 1. The van der Waals surface area contributed by atoms with E-state index in [1.165, 1.54) is 17.0 Å². The first-order valence-corrected chi connectivity index (χ1v) is 11.6. The number of nitrogens with zero attached hydrogens (tertiary/aromatic N) is 1. The second-order valence-electron chi connectivity index (χ2n) is 8.53. The van der Waals surface area contributed by atoms with Gasteiger partial charge in [0.1, 0.15) is 11.5 Å². The number of phenolic OH excluding ortho intramolecular Hbond substituents is 1. The molecule has 35 heavy (non-hydrogen) atoms. The van der Waals surface area contributed by atoms with Crippen LogP contribution in [-0.4, -0.2) is 33.3 Å². The van der Waals surface area contributed by atoms with E-state index < -0.39 is 17.7 Å². The molecule has 0 aliphatic carbocycles. The zero-order valence-electron chi connectivity index (χ0n) is 18.7. The van der Waals surface area contributed by atoms with Gasteiger partial charge in [-0.05, 0) is 58.7 Å². The molecule has 1 fully saturated rings. The van der Waals surface area contributed by atoms with Crippen molar-refractivity contribution in [3.8, 4) is 5.75 Å². The van der Waals surface area contributed by atoms with Crippen LogP contribution in [-0.2, 0) is 16.0 Å². The fraction of sp³-hybridized carbons (Fsp3) is 0.103. The summed E-state index contributed by atoms with van der Waals surface area (Å²) in [4.78, 5) is 27.8. The number of ketones is 1. The van der Waals surface area contributed by atoms with Crippen LogP contribution in [0.1, 0.15) is 22.7 Å². The lowest BCUT2D eigenvalue weighted by atomic mass is 9.94. The molecule has 1 aliphatic rings. The highest BCUT2D eigenvalue weighted by atomic mass is 35.5. The van der Waals surface area contributed by atoms with E-state index in [0.29, 0.717) is 22.6 Å². The van der Waals surface area contributed by atoms with Crippen LogP contribution in [0.5, 0.6) is 5.75 Å². The highest BCUT2D eigenvalue weighted by molar-refractivity contribution is 6.46. The van der Waals surface area contributed by atoms with Crippen LogP contribution in [0, 0.1) is 0 Å². The van der Waals surface area contributed by atoms with E-state index in [1.807, 2.05) is 42.5 Å². The summed E-state index contributed by atoms with van der Waals surface area (Å²) in [5.74, 6) is -1.66. The zero-order chi connectivity index (χ0) is 24.5. The van der Waals surface area contributed by atoms with Crippen LogP contribution in [0.3, 0.4) is 0 Å². The topological polar surface area (TPSA) is 77.8 Å². The molecule has 0 spiro atoms. The van der Waals surface area contributed by atoms with Gasteiger partial charge >= 0.3 is 0 Å². The van der Waals surface area contributed by atoms with Gasteiger partial charge in [0, 0.05) is 17.1 Å². The number of aliphatic hydroxyl groups is 1. The molecule has 0 saturated carbocycles. The maximum atomic E-state index is 13.2. The number of halogens is 1. The van der Waals surface area contributed by atoms with Crippen molar-refractivity contribution in [3.63, 3.8) is 0 Å². The summed E-state index contributed by atoms with van der Waals surface area (Å²) in [5, 5.41) is 23.9. The molecule has 5 rings (SSSR count). The van der Waals surface area contributed by atoms with Crippen LogP contribution in [0.25, 0.3) is 16.5 Å². The van der Waals surface area contributed by atoms with E-state index >= 15 is 0 Å². The predicted molar refractivity (Wildman–Crippen MR) is 136 cm³/mol. The summed E-state index contributed by atoms with van der Waals surface area (Å²) < 4.78 is 0. The molecule has 4 aromatic carbocycles. The molecule has 4 aromatic rings. The molecule has 1 heterocycles. The first kappa shape index (κ1) is 22.7. The fourth-order valence-electron chi connectivity index (χ4n) is 4.54. The lowest BCUT2D eigenvalue weighted by Crippen LogP contribution is -2.31. The average Bonchev–Trinajstić information content (AvgIpc) is 3.12. The summed E-state index contributed by atoms with van der Waals surface area (Å²) in [6.07, 6.45) is 0.496. The predicted octanol–water partition coefficient (Wildman–Crippen LogP) is 5.86. The summed E-state index contributed by atoms with van der Waals surface area (Å²) in [6, 6.07) is 26.0. The lowest BCUT2D eigenvalue weighted by molar-refractivity contribution is -0.139. The Morgan fingerprint density at radius 3 is 2.34 bits per heavy atom. The Morgan fingerprint density at radius 1 is 0.857 bits per heavy atom. The Bertz CT molecular complexity index is 1480. The molecule has 1 unspecified atom stereocenters. The van der Waals surface area contributed by atoms with Gasteiger partial charge in [-0.1, -0.05) is 72.3 Å². The van der Waals surface area contributed by atoms with Gasteiger partial charge in [0.15, 0.2) is 0 Å². The molecule has 6 heteroatoms. The van der Waals surface area contributed by atoms with Crippen LogP contribution < -0.4 is 0 Å². The average molecular weight is 484 g/mol. The number of rotatable bonds is 5. The molecule has 1 amide bonds. The van der Waals surface area contributed by atoms with Crippen molar-refractivity contribution in [2.24, 2.45) is 0 Å². The molecule has 5 nitrogen and oxygen atoms in total. The summed E-state index contributed by atoms with van der Waals surface area (Å²) in [5.41, 5.74) is 1.96. The van der Waals surface area contributed by atoms with Gasteiger partial charge in [-0.15, -0.1) is 0 Å². The fourth-order valence-corrected chi connectivity index (χ4v) is 4.67. The zero-order valence-corrected chi connectivity index (χ0v) is 19.4. The van der Waals surface area contributed by atoms with Gasteiger partial charge in [-0.2, -0.15) is 0 Å². The van der Waals surface area contributed by atoms with Crippen molar-refractivity contribution in [2.75, 3.05) is 6.54 Å². The highest BCUT2D eigenvalue weighted by Gasteiger charge is 2.45. The number of likely N-dealkylation sites (tertiary alicyclic amines) is 1. The second kappa shape index (κ2) is 9.28. The molecule has 174 valence electrons. The number of aliphatic hydroxyl groups excluding tert-OH is 1. The van der Waals surface area contributed by atoms with Gasteiger partial charge in [0.05, 0.1) is 11.6 Å². The number of carbonyl (C=O) groups is 2. The highest BCUT2D eigenvalue weighted by Crippen LogP contribution is 2.40.